The van der Waals surface area contributed by atoms with E-state index in [0.29, 0.717) is 42.2 Å². The molecular formula is C35H38N4O5. The van der Waals surface area contributed by atoms with Gasteiger partial charge in [0.05, 0.1) is 23.9 Å². The van der Waals surface area contributed by atoms with Crippen molar-refractivity contribution in [1.82, 2.24) is 14.8 Å². The number of ether oxygens (including phenoxy) is 2. The maximum absolute atomic E-state index is 13.7. The number of carbonyl (C=O) groups excluding carboxylic acids is 2. The highest BCUT2D eigenvalue weighted by molar-refractivity contribution is 6.07. The number of fused-ring (bicyclic) bond motifs is 1. The summed E-state index contributed by atoms with van der Waals surface area (Å²) in [7, 11) is 2.03. The molecule has 0 spiro atoms. The molecule has 0 saturated heterocycles. The number of para-hydroxylation sites is 2. The van der Waals surface area contributed by atoms with E-state index < -0.39 is 0 Å². The van der Waals surface area contributed by atoms with Crippen LogP contribution in [0.1, 0.15) is 40.1 Å². The largest absolute Gasteiger partial charge is 0.486 e. The number of hydrogen-bond donors (Lipinski definition) is 2. The Morgan fingerprint density at radius 2 is 1.75 bits per heavy atom. The number of aliphatic hydroxyl groups is 1. The Kier molecular flexibility index (Phi) is 9.89. The number of nitrogens with zero attached hydrogens (tertiary/aromatic N) is 3. The highest BCUT2D eigenvalue weighted by atomic mass is 16.5. The number of benzene rings is 3. The van der Waals surface area contributed by atoms with Crippen LogP contribution >= 0.6 is 0 Å². The quantitative estimate of drug-likeness (QED) is 0.251. The summed E-state index contributed by atoms with van der Waals surface area (Å²) in [6.45, 7) is 5.35. The minimum atomic E-state index is -0.388. The van der Waals surface area contributed by atoms with Gasteiger partial charge in [-0.1, -0.05) is 43.3 Å². The highest BCUT2D eigenvalue weighted by Crippen LogP contribution is 2.35. The number of amides is 2. The lowest BCUT2D eigenvalue weighted by molar-refractivity contribution is 0.0343. The highest BCUT2D eigenvalue weighted by Gasteiger charge is 2.34. The normalized spacial score (nSPS) is 17.2. The van der Waals surface area contributed by atoms with Gasteiger partial charge in [-0.3, -0.25) is 19.5 Å². The zero-order valence-electron chi connectivity index (χ0n) is 25.2. The van der Waals surface area contributed by atoms with E-state index in [1.165, 1.54) is 0 Å². The maximum atomic E-state index is 13.7. The molecule has 228 valence electrons. The molecule has 1 aliphatic heterocycles. The molecule has 0 saturated carbocycles. The Bertz CT molecular complexity index is 1550. The number of hydrogen-bond acceptors (Lipinski definition) is 7. The average molecular weight is 595 g/mol. The van der Waals surface area contributed by atoms with E-state index in [-0.39, 0.29) is 36.5 Å². The van der Waals surface area contributed by atoms with Crippen molar-refractivity contribution in [3.05, 3.63) is 114 Å². The molecule has 1 aromatic heterocycles. The molecule has 3 aromatic carbocycles. The van der Waals surface area contributed by atoms with Crippen LogP contribution in [0.2, 0.25) is 0 Å². The van der Waals surface area contributed by atoms with Gasteiger partial charge in [-0.25, -0.2) is 0 Å². The SMILES string of the molecule is C[C@H]1CN([C@@H](C)CO)C(=O)c2cccc(NC(=O)c3ccncc3)c2O[C@H]1CN(C)Cc1ccc(Oc2ccccc2)cc1. The van der Waals surface area contributed by atoms with Gasteiger partial charge in [0.2, 0.25) is 0 Å². The van der Waals surface area contributed by atoms with Crippen molar-refractivity contribution < 1.29 is 24.2 Å². The first-order chi connectivity index (χ1) is 21.3. The molecule has 2 heterocycles. The van der Waals surface area contributed by atoms with Gasteiger partial charge in [0.25, 0.3) is 11.8 Å². The fraction of sp³-hybridized carbons (Fsp3) is 0.286. The Morgan fingerprint density at radius 1 is 1.05 bits per heavy atom. The van der Waals surface area contributed by atoms with Gasteiger partial charge < -0.3 is 24.8 Å². The summed E-state index contributed by atoms with van der Waals surface area (Å²) in [6, 6.07) is 25.7. The topological polar surface area (TPSA) is 104 Å². The lowest BCUT2D eigenvalue weighted by atomic mass is 9.98. The van der Waals surface area contributed by atoms with Crippen molar-refractivity contribution in [2.24, 2.45) is 5.92 Å². The van der Waals surface area contributed by atoms with E-state index in [2.05, 4.69) is 15.2 Å². The molecule has 0 aliphatic carbocycles. The number of nitrogens with one attached hydrogen (secondary N) is 1. The third kappa shape index (κ3) is 7.42. The Hall–Kier alpha value is -4.73. The lowest BCUT2D eigenvalue weighted by Crippen LogP contribution is -2.49. The second kappa shape index (κ2) is 14.2. The smallest absolute Gasteiger partial charge is 0.258 e. The summed E-state index contributed by atoms with van der Waals surface area (Å²) in [6.07, 6.45) is 2.78. The molecule has 2 N–H and O–H groups in total. The van der Waals surface area contributed by atoms with Crippen LogP contribution in [0.4, 0.5) is 5.69 Å². The average Bonchev–Trinajstić information content (AvgIpc) is 3.04. The van der Waals surface area contributed by atoms with Crippen LogP contribution in [0.5, 0.6) is 17.2 Å². The number of carbonyl (C=O) groups is 2. The molecular weight excluding hydrogens is 556 g/mol. The van der Waals surface area contributed by atoms with Gasteiger partial charge in [-0.2, -0.15) is 0 Å². The van der Waals surface area contributed by atoms with Gasteiger partial charge in [-0.15, -0.1) is 0 Å². The summed E-state index contributed by atoms with van der Waals surface area (Å²) in [5.41, 5.74) is 2.30. The number of rotatable bonds is 10. The molecule has 0 unspecified atom stereocenters. The number of likely N-dealkylation sites (N-methyl/N-ethyl adjacent to an activating group) is 1. The van der Waals surface area contributed by atoms with Gasteiger partial charge in [-0.05, 0) is 68.1 Å². The first-order valence-corrected chi connectivity index (χ1v) is 14.8. The molecule has 0 fully saturated rings. The third-order valence-electron chi connectivity index (χ3n) is 7.73. The van der Waals surface area contributed by atoms with Crippen LogP contribution in [0.3, 0.4) is 0 Å². The minimum Gasteiger partial charge on any atom is -0.486 e. The van der Waals surface area contributed by atoms with E-state index >= 15 is 0 Å². The molecule has 44 heavy (non-hydrogen) atoms. The summed E-state index contributed by atoms with van der Waals surface area (Å²) < 4.78 is 12.6. The summed E-state index contributed by atoms with van der Waals surface area (Å²) >= 11 is 0. The van der Waals surface area contributed by atoms with Crippen LogP contribution < -0.4 is 14.8 Å². The predicted molar refractivity (Wildman–Crippen MR) is 169 cm³/mol. The molecule has 9 nitrogen and oxygen atoms in total. The molecule has 2 amide bonds. The van der Waals surface area contributed by atoms with E-state index in [0.717, 1.165) is 17.1 Å². The van der Waals surface area contributed by atoms with Gasteiger partial charge in [0.15, 0.2) is 5.75 Å². The van der Waals surface area contributed by atoms with Crippen molar-refractivity contribution in [2.45, 2.75) is 32.5 Å². The van der Waals surface area contributed by atoms with E-state index in [1.54, 1.807) is 47.6 Å². The number of aliphatic hydroxyl groups excluding tert-OH is 1. The van der Waals surface area contributed by atoms with Gasteiger partial charge in [0.1, 0.15) is 17.6 Å². The maximum Gasteiger partial charge on any atom is 0.258 e. The number of pyridine rings is 1. The molecule has 9 heteroatoms. The molecule has 4 aromatic rings. The zero-order valence-corrected chi connectivity index (χ0v) is 25.2. The molecule has 5 rings (SSSR count). The molecule has 1 aliphatic rings. The van der Waals surface area contributed by atoms with Gasteiger partial charge in [0, 0.05) is 43.5 Å². The summed E-state index contributed by atoms with van der Waals surface area (Å²) in [4.78, 5) is 34.7. The van der Waals surface area contributed by atoms with Gasteiger partial charge >= 0.3 is 0 Å². The second-order valence-electron chi connectivity index (χ2n) is 11.3. The number of aromatic nitrogens is 1. The Morgan fingerprint density at radius 3 is 2.45 bits per heavy atom. The summed E-state index contributed by atoms with van der Waals surface area (Å²) in [5, 5.41) is 12.9. The van der Waals surface area contributed by atoms with E-state index in [1.807, 2.05) is 75.5 Å². The monoisotopic (exact) mass is 594 g/mol. The third-order valence-corrected chi connectivity index (χ3v) is 7.73. The molecule has 0 radical (unpaired) electrons. The Balaban J connectivity index is 1.36. The van der Waals surface area contributed by atoms with Crippen LogP contribution in [-0.2, 0) is 6.54 Å². The first kappa shape index (κ1) is 30.7. The summed E-state index contributed by atoms with van der Waals surface area (Å²) in [5.74, 6) is 1.21. The fourth-order valence-corrected chi connectivity index (χ4v) is 5.23. The first-order valence-electron chi connectivity index (χ1n) is 14.8. The van der Waals surface area contributed by atoms with Crippen LogP contribution in [0.25, 0.3) is 0 Å². The standard InChI is InChI=1S/C35H38N4O5/c1-24-20-39(25(2)23-40)35(42)30-10-7-11-31(37-34(41)27-16-18-36-19-17-27)33(30)44-32(24)22-38(3)21-26-12-14-29(15-13-26)43-28-8-5-4-6-9-28/h4-19,24-25,32,40H,20-23H2,1-3H3,(H,37,41)/t24-,25-,32-/m0/s1. The van der Waals surface area contributed by atoms with Crippen LogP contribution in [0.15, 0.2) is 97.3 Å². The lowest BCUT2D eigenvalue weighted by Gasteiger charge is -2.38. The molecule has 0 bridgehead atoms. The van der Waals surface area contributed by atoms with Crippen molar-refractivity contribution in [3.63, 3.8) is 0 Å². The predicted octanol–water partition coefficient (Wildman–Crippen LogP) is 5.48. The van der Waals surface area contributed by atoms with Crippen molar-refractivity contribution in [2.75, 3.05) is 32.1 Å². The minimum absolute atomic E-state index is 0.0749. The van der Waals surface area contributed by atoms with Crippen molar-refractivity contribution in [3.8, 4) is 17.2 Å². The molecule has 3 atom stereocenters. The van der Waals surface area contributed by atoms with E-state index in [9.17, 15) is 14.7 Å². The number of anilines is 1. The fourth-order valence-electron chi connectivity index (χ4n) is 5.23. The van der Waals surface area contributed by atoms with Crippen LogP contribution in [0, 0.1) is 5.92 Å². The van der Waals surface area contributed by atoms with Crippen molar-refractivity contribution >= 4 is 17.5 Å². The zero-order chi connectivity index (χ0) is 31.1. The van der Waals surface area contributed by atoms with Crippen molar-refractivity contribution in [1.29, 1.82) is 0 Å². The Labute approximate surface area is 258 Å². The van der Waals surface area contributed by atoms with Crippen LogP contribution in [-0.4, -0.2) is 70.6 Å². The second-order valence-corrected chi connectivity index (χ2v) is 11.3. The van der Waals surface area contributed by atoms with E-state index in [4.69, 9.17) is 9.47 Å².